The van der Waals surface area contributed by atoms with Gasteiger partial charge in [-0.15, -0.1) is 0 Å². The molecule has 0 aliphatic rings. The molecule has 0 aromatic carbocycles. The molecule has 0 aliphatic heterocycles. The van der Waals surface area contributed by atoms with Gasteiger partial charge in [-0.1, -0.05) is 155 Å². The van der Waals surface area contributed by atoms with Gasteiger partial charge < -0.3 is 4.90 Å². The summed E-state index contributed by atoms with van der Waals surface area (Å²) in [6.07, 6.45) is 32.3. The van der Waals surface area contributed by atoms with Crippen molar-refractivity contribution in [3.05, 3.63) is 0 Å². The minimum Gasteiger partial charge on any atom is -0.331 e. The Bertz CT molecular complexity index is 478. The van der Waals surface area contributed by atoms with Crippen LogP contribution >= 0.6 is 0 Å². The van der Waals surface area contributed by atoms with Gasteiger partial charge in [0.05, 0.1) is 13.1 Å². The Morgan fingerprint density at radius 2 is 0.676 bits per heavy atom. The normalized spacial score (nSPS) is 11.1. The molecule has 0 unspecified atom stereocenters. The van der Waals surface area contributed by atoms with E-state index in [2.05, 4.69) is 13.8 Å². The van der Waals surface area contributed by atoms with Crippen LogP contribution in [-0.2, 0) is 14.4 Å². The zero-order valence-corrected chi connectivity index (χ0v) is 25.0. The van der Waals surface area contributed by atoms with Crippen molar-refractivity contribution in [3.8, 4) is 0 Å². The van der Waals surface area contributed by atoms with Crippen molar-refractivity contribution < 1.29 is 14.4 Å². The molecule has 0 heterocycles. The van der Waals surface area contributed by atoms with Crippen LogP contribution in [0.4, 0.5) is 0 Å². The summed E-state index contributed by atoms with van der Waals surface area (Å²) in [5, 5.41) is 0. The van der Waals surface area contributed by atoms with Gasteiger partial charge in [0.2, 0.25) is 6.41 Å². The molecule has 218 valence electrons. The molecule has 0 saturated carbocycles. The van der Waals surface area contributed by atoms with Crippen LogP contribution in [0.3, 0.4) is 0 Å². The third kappa shape index (κ3) is 27.7. The molecule has 37 heavy (non-hydrogen) atoms. The molecule has 0 N–H and O–H groups in total. The Morgan fingerprint density at radius 3 is 0.919 bits per heavy atom. The molecule has 4 nitrogen and oxygen atoms in total. The number of carbonyl (C=O) groups is 3. The van der Waals surface area contributed by atoms with Crippen molar-refractivity contribution in [1.82, 2.24) is 4.90 Å². The highest BCUT2D eigenvalue weighted by Crippen LogP contribution is 2.14. The van der Waals surface area contributed by atoms with E-state index in [4.69, 9.17) is 0 Å². The smallest absolute Gasteiger partial charge is 0.210 e. The molecule has 0 radical (unpaired) electrons. The summed E-state index contributed by atoms with van der Waals surface area (Å²) in [6.45, 7) is 4.69. The molecular weight excluding hydrogens is 458 g/mol. The van der Waals surface area contributed by atoms with Gasteiger partial charge in [0.1, 0.15) is 0 Å². The van der Waals surface area contributed by atoms with E-state index in [0.717, 1.165) is 25.7 Å². The quantitative estimate of drug-likeness (QED) is 0.0673. The average molecular weight is 522 g/mol. The molecule has 0 bridgehead atoms. The Kier molecular flexibility index (Phi) is 28.4. The first-order valence-electron chi connectivity index (χ1n) is 16.4. The first-order valence-corrected chi connectivity index (χ1v) is 16.4. The standard InChI is InChI=1S/C33H63NO3/c1-3-5-7-9-11-13-15-17-19-21-23-25-27-32(36)29-34(31-35)30-33(37)28-26-24-22-20-18-16-14-12-10-8-6-4-2/h31H,3-30H2,1-2H3. The van der Waals surface area contributed by atoms with Crippen LogP contribution in [0.2, 0.25) is 0 Å². The predicted octanol–water partition coefficient (Wildman–Crippen LogP) is 9.77. The maximum absolute atomic E-state index is 12.2. The summed E-state index contributed by atoms with van der Waals surface area (Å²) < 4.78 is 0. The molecule has 0 aliphatic carbocycles. The van der Waals surface area contributed by atoms with Gasteiger partial charge in [-0.3, -0.25) is 14.4 Å². The molecular formula is C33H63NO3. The SMILES string of the molecule is CCCCCCCCCCCCCCC(=O)CN(C=O)CC(=O)CCCCCCCCCCCCCC. The number of amides is 1. The van der Waals surface area contributed by atoms with Crippen LogP contribution in [0, 0.1) is 0 Å². The summed E-state index contributed by atoms with van der Waals surface area (Å²) in [6, 6.07) is 0. The van der Waals surface area contributed by atoms with Gasteiger partial charge >= 0.3 is 0 Å². The third-order valence-electron chi connectivity index (χ3n) is 7.53. The number of unbranched alkanes of at least 4 members (excludes halogenated alkanes) is 22. The Hall–Kier alpha value is -1.19. The van der Waals surface area contributed by atoms with Gasteiger partial charge in [-0.05, 0) is 12.8 Å². The molecule has 0 saturated heterocycles. The predicted molar refractivity (Wildman–Crippen MR) is 159 cm³/mol. The Morgan fingerprint density at radius 1 is 0.432 bits per heavy atom. The first kappa shape index (κ1) is 35.8. The van der Waals surface area contributed by atoms with Crippen molar-refractivity contribution in [2.45, 2.75) is 181 Å². The molecule has 0 aromatic heterocycles. The topological polar surface area (TPSA) is 54.5 Å². The summed E-state index contributed by atoms with van der Waals surface area (Å²) in [5.41, 5.74) is 0. The molecule has 0 aromatic rings. The highest BCUT2D eigenvalue weighted by atomic mass is 16.2. The highest BCUT2D eigenvalue weighted by Gasteiger charge is 2.12. The van der Waals surface area contributed by atoms with Crippen molar-refractivity contribution in [1.29, 1.82) is 0 Å². The van der Waals surface area contributed by atoms with E-state index in [0.29, 0.717) is 19.3 Å². The maximum Gasteiger partial charge on any atom is 0.210 e. The average Bonchev–Trinajstić information content (AvgIpc) is 2.89. The van der Waals surface area contributed by atoms with Crippen LogP contribution in [0.1, 0.15) is 181 Å². The molecule has 4 heteroatoms. The lowest BCUT2D eigenvalue weighted by atomic mass is 10.0. The van der Waals surface area contributed by atoms with E-state index in [-0.39, 0.29) is 24.7 Å². The van der Waals surface area contributed by atoms with Crippen LogP contribution in [0.25, 0.3) is 0 Å². The minimum absolute atomic E-state index is 0.0809. The second-order valence-corrected chi connectivity index (χ2v) is 11.4. The molecule has 0 rings (SSSR count). The summed E-state index contributed by atoms with van der Waals surface area (Å²) in [7, 11) is 0. The van der Waals surface area contributed by atoms with Crippen LogP contribution in [0.15, 0.2) is 0 Å². The van der Waals surface area contributed by atoms with Gasteiger partial charge in [-0.25, -0.2) is 0 Å². The third-order valence-corrected chi connectivity index (χ3v) is 7.53. The van der Waals surface area contributed by atoms with Crippen LogP contribution < -0.4 is 0 Å². The van der Waals surface area contributed by atoms with E-state index in [1.165, 1.54) is 133 Å². The van der Waals surface area contributed by atoms with Gasteiger partial charge in [-0.2, -0.15) is 0 Å². The van der Waals surface area contributed by atoms with Gasteiger partial charge in [0.15, 0.2) is 11.6 Å². The lowest BCUT2D eigenvalue weighted by molar-refractivity contribution is -0.130. The van der Waals surface area contributed by atoms with Crippen molar-refractivity contribution in [2.75, 3.05) is 13.1 Å². The Labute approximate surface area is 231 Å². The zero-order chi connectivity index (χ0) is 27.2. The first-order chi connectivity index (χ1) is 18.1. The van der Waals surface area contributed by atoms with Crippen molar-refractivity contribution in [2.24, 2.45) is 0 Å². The van der Waals surface area contributed by atoms with E-state index >= 15 is 0 Å². The fourth-order valence-corrected chi connectivity index (χ4v) is 5.07. The monoisotopic (exact) mass is 521 g/mol. The van der Waals surface area contributed by atoms with Crippen molar-refractivity contribution >= 4 is 18.0 Å². The summed E-state index contributed by atoms with van der Waals surface area (Å²) in [5.74, 6) is 0.162. The molecule has 0 spiro atoms. The largest absolute Gasteiger partial charge is 0.331 e. The number of ketones is 2. The molecule has 1 amide bonds. The van der Waals surface area contributed by atoms with Gasteiger partial charge in [0, 0.05) is 12.8 Å². The van der Waals surface area contributed by atoms with E-state index in [1.807, 2.05) is 0 Å². The lowest BCUT2D eigenvalue weighted by Crippen LogP contribution is -2.33. The minimum atomic E-state index is 0.0809. The fraction of sp³-hybridized carbons (Fsp3) is 0.909. The van der Waals surface area contributed by atoms with E-state index in [1.54, 1.807) is 0 Å². The number of nitrogens with zero attached hydrogens (tertiary/aromatic N) is 1. The number of hydrogen-bond donors (Lipinski definition) is 0. The molecule has 0 fully saturated rings. The van der Waals surface area contributed by atoms with Crippen LogP contribution in [0.5, 0.6) is 0 Å². The number of Topliss-reactive ketones (excluding diaryl/α,β-unsaturated/α-hetero) is 2. The lowest BCUT2D eigenvalue weighted by Gasteiger charge is -2.15. The maximum atomic E-state index is 12.2. The second kappa shape index (κ2) is 29.4. The summed E-state index contributed by atoms with van der Waals surface area (Å²) in [4.78, 5) is 37.2. The number of carbonyl (C=O) groups excluding carboxylic acids is 3. The number of rotatable bonds is 31. The fourth-order valence-electron chi connectivity index (χ4n) is 5.07. The van der Waals surface area contributed by atoms with Crippen molar-refractivity contribution in [3.63, 3.8) is 0 Å². The Balaban J connectivity index is 3.57. The van der Waals surface area contributed by atoms with E-state index < -0.39 is 0 Å². The van der Waals surface area contributed by atoms with E-state index in [9.17, 15) is 14.4 Å². The highest BCUT2D eigenvalue weighted by molar-refractivity contribution is 5.86. The van der Waals surface area contributed by atoms with Gasteiger partial charge in [0.25, 0.3) is 0 Å². The van der Waals surface area contributed by atoms with Crippen LogP contribution in [-0.4, -0.2) is 36.0 Å². The number of hydrogen-bond acceptors (Lipinski definition) is 3. The zero-order valence-electron chi connectivity index (χ0n) is 25.0. The molecule has 0 atom stereocenters. The summed E-state index contributed by atoms with van der Waals surface area (Å²) >= 11 is 0. The second-order valence-electron chi connectivity index (χ2n) is 11.4.